The SMILES string of the molecule is [2H]c1c([2H])c([2H])c(-c2c([2H])c(-c3c([2H])c([2H])c4c(c3[2H])C(C([2H])([2H])[2H])(C([2H])([2H])C)c3c([2H])c([2H])c([2H])c([2H])c3-4)c(-c3c([2H])c([2H])c4c([2H])c([2H])c5c([2H])c([2H])c([2H])c6c([2H])c([2H])c3c4c56)c([2H])c2-c2c([2H])c([2H])c3c([2H])c([2H])c4c([2H])c([2H])c([2H])c5c([2H])c([2H])c2c3c45)c([2H])c1[2H]. The highest BCUT2D eigenvalue weighted by atomic mass is 14.4. The first-order chi connectivity index (χ1) is 44.9. The molecule has 0 nitrogen and oxygen atoms in total. The number of benzene rings is 12. The van der Waals surface area contributed by atoms with E-state index >= 15 is 0 Å². The number of rotatable bonds is 5. The monoisotopic (exact) mass is 798 g/mol. The molecule has 1 unspecified atom stereocenters. The third-order valence-electron chi connectivity index (χ3n) is 11.0. The molecule has 12 aromatic carbocycles. The van der Waals surface area contributed by atoms with E-state index in [9.17, 15) is 34.3 Å². The molecular formula is C60H40. The van der Waals surface area contributed by atoms with Crippen molar-refractivity contribution in [1.29, 1.82) is 0 Å². The van der Waals surface area contributed by atoms with E-state index in [0.29, 0.717) is 6.92 Å². The Hall–Kier alpha value is -7.28. The van der Waals surface area contributed by atoms with Gasteiger partial charge in [0.05, 0.1) is 43.9 Å². The average molecular weight is 798 g/mol. The fourth-order valence-electron chi connectivity index (χ4n) is 8.28. The van der Waals surface area contributed by atoms with Crippen molar-refractivity contribution in [2.75, 3.05) is 0 Å². The zero-order valence-electron chi connectivity index (χ0n) is 67.5. The van der Waals surface area contributed by atoms with Crippen LogP contribution in [-0.4, -0.2) is 0 Å². The van der Waals surface area contributed by atoms with Crippen LogP contribution in [0.4, 0.5) is 0 Å². The zero-order valence-corrected chi connectivity index (χ0v) is 30.5. The molecular weight excluding hydrogens is 721 g/mol. The smallest absolute Gasteiger partial charge is 0.0636 e. The lowest BCUT2D eigenvalue weighted by molar-refractivity contribution is 0.565. The second kappa shape index (κ2) is 12.4. The van der Waals surface area contributed by atoms with Gasteiger partial charge >= 0.3 is 0 Å². The number of fused-ring (bicyclic) bond motifs is 3. The molecule has 0 N–H and O–H groups in total. The molecule has 12 aromatic rings. The summed E-state index contributed by atoms with van der Waals surface area (Å²) in [5.74, 6) is 0. The fraction of sp³-hybridized carbons (Fsp3) is 0.0667. The van der Waals surface area contributed by atoms with Gasteiger partial charge in [0.15, 0.2) is 0 Å². The van der Waals surface area contributed by atoms with Crippen molar-refractivity contribution in [2.45, 2.75) is 25.6 Å². The van der Waals surface area contributed by atoms with Gasteiger partial charge in [-0.25, -0.2) is 0 Å². The predicted molar refractivity (Wildman–Crippen MR) is 258 cm³/mol. The van der Waals surface area contributed by atoms with Gasteiger partial charge in [-0.15, -0.1) is 0 Å². The van der Waals surface area contributed by atoms with Crippen molar-refractivity contribution in [3.63, 3.8) is 0 Å². The molecule has 280 valence electrons. The van der Waals surface area contributed by atoms with Crippen molar-refractivity contribution in [3.8, 4) is 55.6 Å². The number of hydrogen-bond acceptors (Lipinski definition) is 0. The molecule has 1 atom stereocenters. The summed E-state index contributed by atoms with van der Waals surface area (Å²) in [6.07, 6.45) is -3.36. The molecule has 0 bridgehead atoms. The van der Waals surface area contributed by atoms with Crippen LogP contribution in [0.3, 0.4) is 0 Å². The summed E-state index contributed by atoms with van der Waals surface area (Å²) < 4.78 is 351. The van der Waals surface area contributed by atoms with Crippen molar-refractivity contribution in [1.82, 2.24) is 0 Å². The molecule has 0 aromatic heterocycles. The Balaban J connectivity index is 1.42. The third kappa shape index (κ3) is 4.57. The summed E-state index contributed by atoms with van der Waals surface area (Å²) in [5.41, 5.74) is -17.0. The highest BCUT2D eigenvalue weighted by Gasteiger charge is 2.38. The quantitative estimate of drug-likeness (QED) is 0.152. The zero-order chi connectivity index (χ0) is 71.8. The Bertz CT molecular complexity index is 5700. The van der Waals surface area contributed by atoms with Gasteiger partial charge in [0.1, 0.15) is 0 Å². The van der Waals surface area contributed by atoms with Gasteiger partial charge in [-0.2, -0.15) is 0 Å². The van der Waals surface area contributed by atoms with E-state index in [1.165, 1.54) is 0 Å². The van der Waals surface area contributed by atoms with E-state index in [1.807, 2.05) is 0 Å². The topological polar surface area (TPSA) is 0 Å². The Morgan fingerprint density at radius 2 is 0.833 bits per heavy atom. The lowest BCUT2D eigenvalue weighted by atomic mass is 9.76. The summed E-state index contributed by atoms with van der Waals surface area (Å²) in [7, 11) is 0. The van der Waals surface area contributed by atoms with E-state index in [0.717, 1.165) is 0 Å². The summed E-state index contributed by atoms with van der Waals surface area (Å²) in [5, 5.41) is -7.74. The summed E-state index contributed by atoms with van der Waals surface area (Å²) in [6.45, 7) is -3.25. The Kier molecular flexibility index (Phi) is 2.81. The molecule has 1 aliphatic rings. The molecule has 60 heavy (non-hydrogen) atoms. The molecule has 0 heteroatoms. The fourth-order valence-corrected chi connectivity index (χ4v) is 8.28. The van der Waals surface area contributed by atoms with Crippen LogP contribution in [0, 0.1) is 0 Å². The van der Waals surface area contributed by atoms with Crippen molar-refractivity contribution in [2.24, 2.45) is 0 Å². The van der Waals surface area contributed by atoms with Gasteiger partial charge < -0.3 is 0 Å². The number of hydrogen-bond donors (Lipinski definition) is 0. The van der Waals surface area contributed by atoms with Crippen LogP contribution < -0.4 is 0 Å². The molecule has 0 saturated carbocycles. The molecule has 0 aliphatic heterocycles. The normalized spacial score (nSPS) is 24.1. The minimum Gasteiger partial charge on any atom is -0.0642 e. The largest absolute Gasteiger partial charge is 0.0642 e. The molecule has 0 radical (unpaired) electrons. The first-order valence-corrected chi connectivity index (χ1v) is 18.2. The van der Waals surface area contributed by atoms with Crippen LogP contribution in [0.1, 0.15) is 82.0 Å². The minimum absolute atomic E-state index is 0.499. The molecule has 1 aliphatic carbocycles. The van der Waals surface area contributed by atoms with E-state index in [-0.39, 0.29) is 0 Å². The Morgan fingerprint density at radius 1 is 0.367 bits per heavy atom. The molecule has 0 heterocycles. The van der Waals surface area contributed by atoms with Crippen molar-refractivity contribution >= 4 is 64.6 Å². The first-order valence-electron chi connectivity index (χ1n) is 36.8. The van der Waals surface area contributed by atoms with Crippen molar-refractivity contribution < 1.29 is 50.7 Å². The lowest BCUT2D eigenvalue weighted by Crippen LogP contribution is -2.19. The van der Waals surface area contributed by atoms with E-state index < -0.39 is 343 Å². The van der Waals surface area contributed by atoms with E-state index in [4.69, 9.17) is 16.4 Å². The van der Waals surface area contributed by atoms with Crippen LogP contribution in [0.15, 0.2) is 193 Å². The van der Waals surface area contributed by atoms with E-state index in [2.05, 4.69) is 0 Å². The van der Waals surface area contributed by atoms with Gasteiger partial charge in [-0.3, -0.25) is 0 Å². The predicted octanol–water partition coefficient (Wildman–Crippen LogP) is 16.8. The molecule has 0 amide bonds. The highest BCUT2D eigenvalue weighted by molar-refractivity contribution is 6.27. The molecule has 0 spiro atoms. The average Bonchev–Trinajstić information content (AvgIpc) is 1.62. The van der Waals surface area contributed by atoms with Crippen LogP contribution in [0.25, 0.3) is 120 Å². The van der Waals surface area contributed by atoms with Crippen LogP contribution >= 0.6 is 0 Å². The lowest BCUT2D eigenvalue weighted by Gasteiger charge is -2.26. The summed E-state index contributed by atoms with van der Waals surface area (Å²) in [4.78, 5) is 0. The maximum absolute atomic E-state index is 11.1. The maximum atomic E-state index is 11.1. The van der Waals surface area contributed by atoms with Gasteiger partial charge in [-0.05, 0) is 156 Å². The second-order valence-corrected chi connectivity index (χ2v) is 14.0. The summed E-state index contributed by atoms with van der Waals surface area (Å²) >= 11 is 0. The Morgan fingerprint density at radius 3 is 1.42 bits per heavy atom. The first kappa shape index (κ1) is 13.6. The van der Waals surface area contributed by atoms with Crippen LogP contribution in [0.5, 0.6) is 0 Å². The van der Waals surface area contributed by atoms with Gasteiger partial charge in [-0.1, -0.05) is 189 Å². The Labute approximate surface area is 401 Å². The third-order valence-corrected chi connectivity index (χ3v) is 11.0. The standard InChI is InChI=1S/C60H40/c1-3-60(2)54-18-8-7-17-46(54)47-30-27-43(33-55(47)60)51-34-50(36-11-5-4-6-12-36)52(44-28-23-41-21-19-37-13-9-15-39-25-31-48(44)58(41)56(37)39)35-53(51)45-29-24-42-22-20-38-14-10-16-40-26-32-49(45)59(42)57(38)40/h4-35H,3H2,1-2H3/i2D3,3D2,4D,5D,6D,7D,8D,9D,10D,11D,12D,13D,14D,15D,16D,17D,18D,19D,20D,21D,22D,23D,24D,25D,26D,27D,28D,29D,30D,31D,32D,33D,34D,35D. The highest BCUT2D eigenvalue weighted by Crippen LogP contribution is 2.53. The van der Waals surface area contributed by atoms with Gasteiger partial charge in [0.2, 0.25) is 0 Å². The van der Waals surface area contributed by atoms with Gasteiger partial charge in [0, 0.05) is 12.3 Å². The van der Waals surface area contributed by atoms with Crippen molar-refractivity contribution in [3.05, 3.63) is 204 Å². The second-order valence-electron chi connectivity index (χ2n) is 14.0. The van der Waals surface area contributed by atoms with E-state index in [1.54, 1.807) is 0 Å². The summed E-state index contributed by atoms with van der Waals surface area (Å²) in [6, 6.07) is -35.3. The molecule has 0 fully saturated rings. The van der Waals surface area contributed by atoms with Crippen LogP contribution in [0.2, 0.25) is 0 Å². The van der Waals surface area contributed by atoms with Crippen LogP contribution in [-0.2, 0) is 5.41 Å². The maximum Gasteiger partial charge on any atom is 0.0636 e. The molecule has 0 saturated heterocycles. The molecule has 13 rings (SSSR count). The van der Waals surface area contributed by atoms with Gasteiger partial charge in [0.25, 0.3) is 0 Å². The minimum atomic E-state index is -3.92.